The number of rotatable bonds is 5. The van der Waals surface area contributed by atoms with Crippen molar-refractivity contribution in [3.8, 4) is 6.07 Å². The van der Waals surface area contributed by atoms with Crippen molar-refractivity contribution in [3.63, 3.8) is 0 Å². The van der Waals surface area contributed by atoms with E-state index in [4.69, 9.17) is 10.00 Å². The lowest BCUT2D eigenvalue weighted by atomic mass is 10.1. The van der Waals surface area contributed by atoms with Crippen LogP contribution in [0.5, 0.6) is 0 Å². The van der Waals surface area contributed by atoms with E-state index < -0.39 is 0 Å². The fraction of sp³-hybridized carbons (Fsp3) is 0.333. The molecule has 0 aliphatic carbocycles. The first-order chi connectivity index (χ1) is 12.2. The Balaban J connectivity index is 1.65. The van der Waals surface area contributed by atoms with Gasteiger partial charge in [0.05, 0.1) is 23.8 Å². The topological polar surface area (TPSA) is 91.1 Å². The van der Waals surface area contributed by atoms with Gasteiger partial charge < -0.3 is 15.0 Å². The van der Waals surface area contributed by atoms with E-state index >= 15 is 0 Å². The Labute approximate surface area is 146 Å². The number of aromatic nitrogens is 2. The molecule has 3 rings (SSSR count). The molecule has 7 nitrogen and oxygen atoms in total. The fourth-order valence-electron chi connectivity index (χ4n) is 2.98. The summed E-state index contributed by atoms with van der Waals surface area (Å²) in [6, 6.07) is 10.6. The van der Waals surface area contributed by atoms with E-state index in [-0.39, 0.29) is 18.1 Å². The molecule has 0 unspecified atom stereocenters. The third-order valence-electron chi connectivity index (χ3n) is 4.34. The fourth-order valence-corrected chi connectivity index (χ4v) is 2.98. The van der Waals surface area contributed by atoms with Crippen LogP contribution >= 0.6 is 0 Å². The van der Waals surface area contributed by atoms with Crippen LogP contribution in [0.15, 0.2) is 42.9 Å². The summed E-state index contributed by atoms with van der Waals surface area (Å²) in [7, 11) is 1.69. The highest BCUT2D eigenvalue weighted by Crippen LogP contribution is 2.24. The van der Waals surface area contributed by atoms with E-state index in [0.717, 1.165) is 18.8 Å². The van der Waals surface area contributed by atoms with Crippen LogP contribution < -0.4 is 10.2 Å². The minimum absolute atomic E-state index is 0.0992. The molecule has 0 radical (unpaired) electrons. The number of carbonyl (C=O) groups is 1. The van der Waals surface area contributed by atoms with Crippen molar-refractivity contribution in [2.75, 3.05) is 25.1 Å². The summed E-state index contributed by atoms with van der Waals surface area (Å²) in [5.74, 6) is 0.667. The molecule has 7 heteroatoms. The van der Waals surface area contributed by atoms with Crippen LogP contribution in [0, 0.1) is 11.3 Å². The quantitative estimate of drug-likeness (QED) is 0.886. The molecule has 2 atom stereocenters. The Morgan fingerprint density at radius 2 is 2.20 bits per heavy atom. The van der Waals surface area contributed by atoms with Crippen molar-refractivity contribution in [2.45, 2.75) is 18.6 Å². The molecule has 2 heterocycles. The first kappa shape index (κ1) is 16.9. The summed E-state index contributed by atoms with van der Waals surface area (Å²) < 4.78 is 5.48. The maximum absolute atomic E-state index is 12.3. The molecule has 0 spiro atoms. The summed E-state index contributed by atoms with van der Waals surface area (Å²) in [4.78, 5) is 22.7. The molecule has 2 aromatic rings. The largest absolute Gasteiger partial charge is 0.380 e. The van der Waals surface area contributed by atoms with E-state index in [9.17, 15) is 4.79 Å². The van der Waals surface area contributed by atoms with Gasteiger partial charge in [-0.25, -0.2) is 9.97 Å². The van der Waals surface area contributed by atoms with Gasteiger partial charge in [0.15, 0.2) is 0 Å². The van der Waals surface area contributed by atoms with Crippen LogP contribution in [-0.2, 0) is 4.74 Å². The van der Waals surface area contributed by atoms with Gasteiger partial charge >= 0.3 is 0 Å². The number of carbonyl (C=O) groups excluding carboxylic acids is 1. The van der Waals surface area contributed by atoms with Gasteiger partial charge in [-0.3, -0.25) is 4.79 Å². The third kappa shape index (κ3) is 3.92. The number of anilines is 1. The van der Waals surface area contributed by atoms with E-state index in [1.54, 1.807) is 37.6 Å². The van der Waals surface area contributed by atoms with Crippen molar-refractivity contribution >= 4 is 11.7 Å². The standard InChI is InChI=1S/C18H19N5O2/c1-25-16-8-15(23(11-16)17-6-7-20-12-22-17)10-21-18(24)14-4-2-13(9-19)3-5-14/h2-7,12,15-16H,8,10-11H2,1H3,(H,21,24)/t15-,16-/m1/s1. The van der Waals surface area contributed by atoms with Crippen molar-refractivity contribution in [1.82, 2.24) is 15.3 Å². The normalized spacial score (nSPS) is 19.4. The monoisotopic (exact) mass is 337 g/mol. The van der Waals surface area contributed by atoms with Crippen LogP contribution in [0.1, 0.15) is 22.3 Å². The molecule has 128 valence electrons. The van der Waals surface area contributed by atoms with E-state index in [1.165, 1.54) is 6.33 Å². The molecule has 0 saturated carbocycles. The number of benzene rings is 1. The van der Waals surface area contributed by atoms with E-state index in [1.807, 2.05) is 12.1 Å². The molecular weight excluding hydrogens is 318 g/mol. The molecule has 1 fully saturated rings. The minimum Gasteiger partial charge on any atom is -0.380 e. The zero-order chi connectivity index (χ0) is 17.6. The van der Waals surface area contributed by atoms with Crippen molar-refractivity contribution in [3.05, 3.63) is 54.0 Å². The summed E-state index contributed by atoms with van der Waals surface area (Å²) >= 11 is 0. The van der Waals surface area contributed by atoms with Crippen LogP contribution in [0.4, 0.5) is 5.82 Å². The molecule has 1 aromatic heterocycles. The van der Waals surface area contributed by atoms with Gasteiger partial charge in [-0.1, -0.05) is 0 Å². The van der Waals surface area contributed by atoms with E-state index in [0.29, 0.717) is 17.7 Å². The van der Waals surface area contributed by atoms with Gasteiger partial charge in [0, 0.05) is 32.0 Å². The average Bonchev–Trinajstić information content (AvgIpc) is 3.10. The molecule has 0 bridgehead atoms. The number of nitrogens with one attached hydrogen (secondary N) is 1. The molecule has 1 N–H and O–H groups in total. The predicted molar refractivity (Wildman–Crippen MR) is 92.1 cm³/mol. The Morgan fingerprint density at radius 3 is 2.84 bits per heavy atom. The summed E-state index contributed by atoms with van der Waals surface area (Å²) in [5, 5.41) is 11.8. The lowest BCUT2D eigenvalue weighted by Crippen LogP contribution is -2.40. The first-order valence-electron chi connectivity index (χ1n) is 8.05. The van der Waals surface area contributed by atoms with Crippen LogP contribution in [0.3, 0.4) is 0 Å². The Kier molecular flexibility index (Phi) is 5.21. The summed E-state index contributed by atoms with van der Waals surface area (Å²) in [6.07, 6.45) is 4.14. The molecule has 25 heavy (non-hydrogen) atoms. The Morgan fingerprint density at radius 1 is 1.40 bits per heavy atom. The van der Waals surface area contributed by atoms with Gasteiger partial charge in [-0.15, -0.1) is 0 Å². The van der Waals surface area contributed by atoms with Gasteiger partial charge in [-0.2, -0.15) is 5.26 Å². The molecule has 1 saturated heterocycles. The second-order valence-electron chi connectivity index (χ2n) is 5.87. The third-order valence-corrected chi connectivity index (χ3v) is 4.34. The Bertz CT molecular complexity index is 757. The number of ether oxygens (including phenoxy) is 1. The predicted octanol–water partition coefficient (Wildman–Crippen LogP) is 1.37. The summed E-state index contributed by atoms with van der Waals surface area (Å²) in [6.45, 7) is 1.22. The molecule has 1 aliphatic rings. The average molecular weight is 337 g/mol. The second-order valence-corrected chi connectivity index (χ2v) is 5.87. The molecule has 1 aliphatic heterocycles. The molecular formula is C18H19N5O2. The van der Waals surface area contributed by atoms with Gasteiger partial charge in [0.25, 0.3) is 5.91 Å². The number of nitrogens with zero attached hydrogens (tertiary/aromatic N) is 4. The van der Waals surface area contributed by atoms with Gasteiger partial charge in [0.1, 0.15) is 12.1 Å². The first-order valence-corrected chi connectivity index (χ1v) is 8.05. The maximum Gasteiger partial charge on any atom is 0.251 e. The smallest absolute Gasteiger partial charge is 0.251 e. The van der Waals surface area contributed by atoms with E-state index in [2.05, 4.69) is 20.2 Å². The lowest BCUT2D eigenvalue weighted by molar-refractivity contribution is 0.0946. The van der Waals surface area contributed by atoms with Gasteiger partial charge in [0.2, 0.25) is 0 Å². The molecule has 1 aromatic carbocycles. The number of hydrogen-bond acceptors (Lipinski definition) is 6. The Hall–Kier alpha value is -2.98. The second kappa shape index (κ2) is 7.73. The van der Waals surface area contributed by atoms with Crippen LogP contribution in [-0.4, -0.2) is 48.2 Å². The van der Waals surface area contributed by atoms with Crippen molar-refractivity contribution < 1.29 is 9.53 Å². The minimum atomic E-state index is -0.159. The zero-order valence-corrected chi connectivity index (χ0v) is 13.9. The molecule has 1 amide bonds. The van der Waals surface area contributed by atoms with Crippen LogP contribution in [0.25, 0.3) is 0 Å². The van der Waals surface area contributed by atoms with Crippen molar-refractivity contribution in [1.29, 1.82) is 5.26 Å². The number of hydrogen-bond donors (Lipinski definition) is 1. The summed E-state index contributed by atoms with van der Waals surface area (Å²) in [5.41, 5.74) is 1.07. The van der Waals surface area contributed by atoms with Crippen LogP contribution in [0.2, 0.25) is 0 Å². The van der Waals surface area contributed by atoms with Crippen molar-refractivity contribution in [2.24, 2.45) is 0 Å². The highest BCUT2D eigenvalue weighted by atomic mass is 16.5. The number of methoxy groups -OCH3 is 1. The highest BCUT2D eigenvalue weighted by molar-refractivity contribution is 5.94. The SMILES string of the molecule is CO[C@@H]1C[C@H](CNC(=O)c2ccc(C#N)cc2)N(c2ccncn2)C1. The number of nitriles is 1. The highest BCUT2D eigenvalue weighted by Gasteiger charge is 2.33. The maximum atomic E-state index is 12.3. The number of amides is 1. The zero-order valence-electron chi connectivity index (χ0n) is 13.9. The lowest BCUT2D eigenvalue weighted by Gasteiger charge is -2.25. The van der Waals surface area contributed by atoms with Gasteiger partial charge in [-0.05, 0) is 36.8 Å².